The van der Waals surface area contributed by atoms with Crippen LogP contribution >= 0.6 is 7.75 Å². The maximum Gasteiger partial charge on any atom is 0.460 e. The summed E-state index contributed by atoms with van der Waals surface area (Å²) in [5.41, 5.74) is 1.04. The second-order valence-electron chi connectivity index (χ2n) is 6.90. The van der Waals surface area contributed by atoms with Crippen molar-refractivity contribution < 1.29 is 18.3 Å². The molecular formula is C23H27N2O4P. The summed E-state index contributed by atoms with van der Waals surface area (Å²) in [6.45, 7) is 2.62. The molecule has 6 nitrogen and oxygen atoms in total. The van der Waals surface area contributed by atoms with Gasteiger partial charge in [0.15, 0.2) is 0 Å². The lowest BCUT2D eigenvalue weighted by Crippen LogP contribution is -2.32. The highest BCUT2D eigenvalue weighted by molar-refractivity contribution is 7.51. The van der Waals surface area contributed by atoms with Gasteiger partial charge in [0.1, 0.15) is 11.4 Å². The Morgan fingerprint density at radius 3 is 2.20 bits per heavy atom. The first-order chi connectivity index (χ1) is 14.5. The molecule has 0 amide bonds. The van der Waals surface area contributed by atoms with Gasteiger partial charge in [-0.05, 0) is 43.8 Å². The van der Waals surface area contributed by atoms with E-state index in [0.717, 1.165) is 11.3 Å². The number of ether oxygens (including phenoxy) is 1. The zero-order valence-electron chi connectivity index (χ0n) is 17.5. The zero-order chi connectivity index (χ0) is 21.5. The first-order valence-corrected chi connectivity index (χ1v) is 11.2. The van der Waals surface area contributed by atoms with Crippen LogP contribution in [-0.2, 0) is 19.4 Å². The lowest BCUT2D eigenvalue weighted by Gasteiger charge is -2.32. The summed E-state index contributed by atoms with van der Waals surface area (Å²) in [6.07, 6.45) is 1.75. The fourth-order valence-corrected chi connectivity index (χ4v) is 4.28. The molecule has 0 saturated carbocycles. The third-order valence-electron chi connectivity index (χ3n) is 4.90. The van der Waals surface area contributed by atoms with Crippen molar-refractivity contribution >= 4 is 7.75 Å². The molecule has 2 atom stereocenters. The van der Waals surface area contributed by atoms with Crippen molar-refractivity contribution in [3.05, 3.63) is 96.3 Å². The maximum atomic E-state index is 13.2. The minimum atomic E-state index is -3.50. The highest BCUT2D eigenvalue weighted by Gasteiger charge is 2.34. The zero-order valence-corrected chi connectivity index (χ0v) is 18.4. The standard InChI is InChI=1S/C23H27N2O4P/c1-23(20-12-6-4-7-13-20,22-16-10-11-17-24-22)28-19-18-25(2)30(26,27-3)29-21-14-8-5-9-15-21/h4-17H,18-19H2,1-3H3. The molecule has 0 saturated heterocycles. The molecule has 0 bridgehead atoms. The van der Waals surface area contributed by atoms with Gasteiger partial charge in [0.2, 0.25) is 0 Å². The van der Waals surface area contributed by atoms with Gasteiger partial charge in [-0.3, -0.25) is 9.51 Å². The van der Waals surface area contributed by atoms with E-state index in [1.807, 2.05) is 73.7 Å². The van der Waals surface area contributed by atoms with Gasteiger partial charge in [0.25, 0.3) is 0 Å². The van der Waals surface area contributed by atoms with Crippen LogP contribution in [0.15, 0.2) is 85.1 Å². The normalized spacial score (nSPS) is 15.3. The number of benzene rings is 2. The summed E-state index contributed by atoms with van der Waals surface area (Å²) in [5, 5.41) is 0. The number of nitrogens with zero attached hydrogens (tertiary/aromatic N) is 2. The predicted octanol–water partition coefficient (Wildman–Crippen LogP) is 5.13. The second kappa shape index (κ2) is 10.0. The first kappa shape index (κ1) is 22.2. The molecule has 2 aromatic carbocycles. The fourth-order valence-electron chi connectivity index (χ4n) is 3.07. The van der Waals surface area contributed by atoms with E-state index in [4.69, 9.17) is 13.8 Å². The molecule has 3 aromatic rings. The number of hydrogen-bond acceptors (Lipinski definition) is 5. The second-order valence-corrected chi connectivity index (χ2v) is 9.07. The molecule has 1 heterocycles. The van der Waals surface area contributed by atoms with Gasteiger partial charge < -0.3 is 9.26 Å². The highest BCUT2D eigenvalue weighted by Crippen LogP contribution is 2.50. The molecule has 0 spiro atoms. The Kier molecular flexibility index (Phi) is 7.40. The monoisotopic (exact) mass is 426 g/mol. The lowest BCUT2D eigenvalue weighted by molar-refractivity contribution is -0.0112. The molecule has 0 N–H and O–H groups in total. The molecule has 0 aliphatic carbocycles. The van der Waals surface area contributed by atoms with Gasteiger partial charge >= 0.3 is 7.75 Å². The Bertz CT molecular complexity index is 915. The Labute approximate surface area is 178 Å². The molecule has 3 rings (SSSR count). The van der Waals surface area contributed by atoms with Gasteiger partial charge in [-0.2, -0.15) is 4.67 Å². The summed E-state index contributed by atoms with van der Waals surface area (Å²) in [4.78, 5) is 4.50. The Balaban J connectivity index is 1.72. The number of para-hydroxylation sites is 1. The van der Waals surface area contributed by atoms with Crippen molar-refractivity contribution in [2.45, 2.75) is 12.5 Å². The van der Waals surface area contributed by atoms with Crippen molar-refractivity contribution in [3.8, 4) is 5.75 Å². The highest BCUT2D eigenvalue weighted by atomic mass is 31.2. The Hall–Kier alpha value is -2.50. The van der Waals surface area contributed by atoms with Gasteiger partial charge in [-0.25, -0.2) is 4.57 Å². The smallest absolute Gasteiger partial charge is 0.413 e. The number of hydrogen-bond donors (Lipinski definition) is 0. The Morgan fingerprint density at radius 1 is 0.967 bits per heavy atom. The molecule has 2 unspecified atom stereocenters. The summed E-state index contributed by atoms with van der Waals surface area (Å²) in [7, 11) is -0.432. The lowest BCUT2D eigenvalue weighted by atomic mass is 9.91. The van der Waals surface area contributed by atoms with Crippen LogP contribution in [0.4, 0.5) is 0 Å². The van der Waals surface area contributed by atoms with E-state index in [0.29, 0.717) is 18.9 Å². The fraction of sp³-hybridized carbons (Fsp3) is 0.261. The molecule has 158 valence electrons. The number of pyridine rings is 1. The van der Waals surface area contributed by atoms with E-state index < -0.39 is 13.3 Å². The quantitative estimate of drug-likeness (QED) is 0.419. The van der Waals surface area contributed by atoms with Crippen LogP contribution in [0.25, 0.3) is 0 Å². The van der Waals surface area contributed by atoms with Crippen LogP contribution in [0.3, 0.4) is 0 Å². The van der Waals surface area contributed by atoms with Gasteiger partial charge in [-0.1, -0.05) is 54.6 Å². The van der Waals surface area contributed by atoms with Crippen molar-refractivity contribution in [2.24, 2.45) is 0 Å². The van der Waals surface area contributed by atoms with Crippen LogP contribution in [0.2, 0.25) is 0 Å². The number of aromatic nitrogens is 1. The molecule has 0 aliphatic heterocycles. The number of likely N-dealkylation sites (N-methyl/N-ethyl adjacent to an activating group) is 1. The summed E-state index contributed by atoms with van der Waals surface area (Å²) in [6, 6.07) is 24.7. The van der Waals surface area contributed by atoms with E-state index in [1.54, 1.807) is 30.0 Å². The van der Waals surface area contributed by atoms with Crippen LogP contribution in [-0.4, -0.2) is 37.0 Å². The topological polar surface area (TPSA) is 60.9 Å². The molecule has 7 heteroatoms. The van der Waals surface area contributed by atoms with E-state index in [2.05, 4.69) is 4.98 Å². The largest absolute Gasteiger partial charge is 0.460 e. The predicted molar refractivity (Wildman–Crippen MR) is 117 cm³/mol. The Morgan fingerprint density at radius 2 is 1.60 bits per heavy atom. The van der Waals surface area contributed by atoms with Crippen LogP contribution in [0.5, 0.6) is 5.75 Å². The average Bonchev–Trinajstić information content (AvgIpc) is 2.80. The maximum absolute atomic E-state index is 13.2. The van der Waals surface area contributed by atoms with Crippen molar-refractivity contribution in [3.63, 3.8) is 0 Å². The molecular weight excluding hydrogens is 399 g/mol. The number of rotatable bonds is 10. The van der Waals surface area contributed by atoms with Crippen LogP contribution < -0.4 is 4.52 Å². The van der Waals surface area contributed by atoms with Crippen molar-refractivity contribution in [1.29, 1.82) is 0 Å². The molecule has 30 heavy (non-hydrogen) atoms. The van der Waals surface area contributed by atoms with Crippen molar-refractivity contribution in [2.75, 3.05) is 27.3 Å². The third-order valence-corrected chi connectivity index (χ3v) is 6.84. The third kappa shape index (κ3) is 5.15. The van der Waals surface area contributed by atoms with E-state index in [-0.39, 0.29) is 0 Å². The van der Waals surface area contributed by atoms with E-state index in [9.17, 15) is 4.57 Å². The average molecular weight is 426 g/mol. The first-order valence-electron chi connectivity index (χ1n) is 9.71. The minimum Gasteiger partial charge on any atom is -0.413 e. The summed E-state index contributed by atoms with van der Waals surface area (Å²) in [5.74, 6) is 0.484. The molecule has 0 radical (unpaired) electrons. The van der Waals surface area contributed by atoms with Gasteiger partial charge in [0, 0.05) is 19.9 Å². The van der Waals surface area contributed by atoms with E-state index in [1.165, 1.54) is 7.11 Å². The minimum absolute atomic E-state index is 0.296. The van der Waals surface area contributed by atoms with Gasteiger partial charge in [0.05, 0.1) is 12.3 Å². The van der Waals surface area contributed by atoms with Gasteiger partial charge in [-0.15, -0.1) is 0 Å². The summed E-state index contributed by atoms with van der Waals surface area (Å²) >= 11 is 0. The van der Waals surface area contributed by atoms with Crippen LogP contribution in [0, 0.1) is 0 Å². The van der Waals surface area contributed by atoms with Crippen molar-refractivity contribution in [1.82, 2.24) is 9.65 Å². The molecule has 1 aromatic heterocycles. The SMILES string of the molecule is COP(=O)(Oc1ccccc1)N(C)CCOC(C)(c1ccccc1)c1ccccn1. The molecule has 0 aliphatic rings. The van der Waals surface area contributed by atoms with E-state index >= 15 is 0 Å². The van der Waals surface area contributed by atoms with Crippen LogP contribution in [0.1, 0.15) is 18.2 Å². The summed E-state index contributed by atoms with van der Waals surface area (Å²) < 4.78 is 31.9. The molecule has 0 fully saturated rings.